The van der Waals surface area contributed by atoms with E-state index in [1.165, 1.54) is 7.11 Å². The van der Waals surface area contributed by atoms with Crippen molar-refractivity contribution in [2.24, 2.45) is 5.73 Å². The first-order valence-corrected chi connectivity index (χ1v) is 6.45. The number of benzene rings is 1. The van der Waals surface area contributed by atoms with Gasteiger partial charge < -0.3 is 15.2 Å². The molecule has 4 heteroatoms. The third kappa shape index (κ3) is 3.55. The lowest BCUT2D eigenvalue weighted by atomic mass is 9.76. The van der Waals surface area contributed by atoms with Gasteiger partial charge in [0.05, 0.1) is 7.11 Å². The fraction of sp³-hybridized carbons (Fsp3) is 0.533. The van der Waals surface area contributed by atoms with E-state index in [0.717, 1.165) is 17.5 Å². The van der Waals surface area contributed by atoms with Crippen LogP contribution in [0.25, 0.3) is 0 Å². The summed E-state index contributed by atoms with van der Waals surface area (Å²) in [6.07, 6.45) is 1.38. The number of aryl methyl sites for hydroxylation is 1. The Balaban J connectivity index is 3.08. The number of hydrogen-bond acceptors (Lipinski definition) is 4. The van der Waals surface area contributed by atoms with Gasteiger partial charge in [0.25, 0.3) is 0 Å². The Hall–Kier alpha value is -1.39. The van der Waals surface area contributed by atoms with Gasteiger partial charge in [-0.3, -0.25) is 4.79 Å². The zero-order chi connectivity index (χ0) is 14.3. The van der Waals surface area contributed by atoms with Crippen molar-refractivity contribution in [2.45, 2.75) is 25.2 Å². The van der Waals surface area contributed by atoms with Crippen LogP contribution < -0.4 is 5.73 Å². The van der Waals surface area contributed by atoms with Crippen LogP contribution in [0.5, 0.6) is 0 Å². The molecule has 0 aromatic heterocycles. The molecule has 0 saturated carbocycles. The molecule has 1 atom stereocenters. The zero-order valence-electron chi connectivity index (χ0n) is 11.9. The van der Waals surface area contributed by atoms with Gasteiger partial charge in [0, 0.05) is 20.3 Å². The fourth-order valence-electron chi connectivity index (χ4n) is 2.25. The summed E-state index contributed by atoms with van der Waals surface area (Å²) in [5.41, 5.74) is 7.17. The number of esters is 1. The molecule has 2 N–H and O–H groups in total. The smallest absolute Gasteiger partial charge is 0.317 e. The topological polar surface area (TPSA) is 61.5 Å². The Labute approximate surface area is 114 Å². The van der Waals surface area contributed by atoms with Crippen molar-refractivity contribution in [3.8, 4) is 0 Å². The molecule has 0 saturated heterocycles. The minimum Gasteiger partial charge on any atom is -0.468 e. The molecule has 106 valence electrons. The van der Waals surface area contributed by atoms with Crippen molar-refractivity contribution in [3.05, 3.63) is 35.4 Å². The normalized spacial score (nSPS) is 13.9. The average molecular weight is 265 g/mol. The van der Waals surface area contributed by atoms with E-state index < -0.39 is 5.41 Å². The maximum absolute atomic E-state index is 12.2. The highest BCUT2D eigenvalue weighted by molar-refractivity contribution is 5.83. The predicted octanol–water partition coefficient (Wildman–Crippen LogP) is 1.79. The van der Waals surface area contributed by atoms with Crippen LogP contribution in [-0.2, 0) is 19.7 Å². The van der Waals surface area contributed by atoms with Gasteiger partial charge in [0.15, 0.2) is 0 Å². The lowest BCUT2D eigenvalue weighted by Crippen LogP contribution is -2.44. The van der Waals surface area contributed by atoms with E-state index >= 15 is 0 Å². The van der Waals surface area contributed by atoms with E-state index in [1.54, 1.807) is 7.11 Å². The van der Waals surface area contributed by atoms with Crippen molar-refractivity contribution in [2.75, 3.05) is 27.4 Å². The van der Waals surface area contributed by atoms with E-state index in [0.29, 0.717) is 13.0 Å². The van der Waals surface area contributed by atoms with Crippen LogP contribution in [0.3, 0.4) is 0 Å². The Morgan fingerprint density at radius 3 is 2.37 bits per heavy atom. The van der Waals surface area contributed by atoms with Crippen LogP contribution in [0, 0.1) is 6.92 Å². The van der Waals surface area contributed by atoms with Gasteiger partial charge in [-0.2, -0.15) is 0 Å². The maximum Gasteiger partial charge on any atom is 0.317 e. The van der Waals surface area contributed by atoms with Gasteiger partial charge in [0.1, 0.15) is 5.41 Å². The largest absolute Gasteiger partial charge is 0.468 e. The van der Waals surface area contributed by atoms with Crippen molar-refractivity contribution in [1.29, 1.82) is 0 Å². The third-order valence-corrected chi connectivity index (χ3v) is 3.48. The summed E-state index contributed by atoms with van der Waals surface area (Å²) >= 11 is 0. The third-order valence-electron chi connectivity index (χ3n) is 3.48. The Kier molecular flexibility index (Phi) is 5.99. The van der Waals surface area contributed by atoms with Crippen molar-refractivity contribution in [1.82, 2.24) is 0 Å². The lowest BCUT2D eigenvalue weighted by molar-refractivity contribution is -0.147. The molecule has 1 rings (SSSR count). The van der Waals surface area contributed by atoms with Crippen LogP contribution in [0.2, 0.25) is 0 Å². The van der Waals surface area contributed by atoms with E-state index in [1.807, 2.05) is 31.2 Å². The highest BCUT2D eigenvalue weighted by atomic mass is 16.5. The molecule has 0 bridgehead atoms. The van der Waals surface area contributed by atoms with Crippen LogP contribution in [0.4, 0.5) is 0 Å². The Bertz CT molecular complexity index is 402. The summed E-state index contributed by atoms with van der Waals surface area (Å²) in [4.78, 5) is 12.2. The van der Waals surface area contributed by atoms with Gasteiger partial charge in [-0.1, -0.05) is 29.8 Å². The average Bonchev–Trinajstić information content (AvgIpc) is 2.44. The Morgan fingerprint density at radius 2 is 1.89 bits per heavy atom. The van der Waals surface area contributed by atoms with Gasteiger partial charge in [0.2, 0.25) is 0 Å². The molecule has 0 aliphatic rings. The Morgan fingerprint density at radius 1 is 1.26 bits per heavy atom. The molecule has 0 amide bonds. The summed E-state index contributed by atoms with van der Waals surface area (Å²) in [6.45, 7) is 2.84. The quantitative estimate of drug-likeness (QED) is 0.603. The van der Waals surface area contributed by atoms with Gasteiger partial charge in [-0.15, -0.1) is 0 Å². The molecule has 0 aliphatic heterocycles. The lowest BCUT2D eigenvalue weighted by Gasteiger charge is -2.30. The van der Waals surface area contributed by atoms with Crippen molar-refractivity contribution < 1.29 is 14.3 Å². The van der Waals surface area contributed by atoms with Crippen LogP contribution in [0.1, 0.15) is 24.0 Å². The van der Waals surface area contributed by atoms with Gasteiger partial charge in [-0.05, 0) is 25.3 Å². The molecule has 0 aliphatic carbocycles. The maximum atomic E-state index is 12.2. The second kappa shape index (κ2) is 7.26. The molecule has 0 fully saturated rings. The van der Waals surface area contributed by atoms with E-state index in [-0.39, 0.29) is 12.5 Å². The first-order valence-electron chi connectivity index (χ1n) is 6.45. The molecule has 19 heavy (non-hydrogen) atoms. The highest BCUT2D eigenvalue weighted by Gasteiger charge is 2.39. The minimum atomic E-state index is -0.777. The molecule has 4 nitrogen and oxygen atoms in total. The van der Waals surface area contributed by atoms with Crippen molar-refractivity contribution >= 4 is 5.97 Å². The van der Waals surface area contributed by atoms with Crippen LogP contribution in [-0.4, -0.2) is 33.3 Å². The minimum absolute atomic E-state index is 0.229. The number of nitrogens with two attached hydrogens (primary N) is 1. The number of rotatable bonds is 7. The molecule has 0 radical (unpaired) electrons. The number of carbonyl (C=O) groups excluding carboxylic acids is 1. The predicted molar refractivity (Wildman–Crippen MR) is 75.0 cm³/mol. The van der Waals surface area contributed by atoms with Crippen molar-refractivity contribution in [3.63, 3.8) is 0 Å². The van der Waals surface area contributed by atoms with E-state index in [4.69, 9.17) is 15.2 Å². The summed E-state index contributed by atoms with van der Waals surface area (Å²) in [5.74, 6) is -0.282. The number of carbonyl (C=O) groups is 1. The second-order valence-electron chi connectivity index (χ2n) is 4.74. The summed E-state index contributed by atoms with van der Waals surface area (Å²) in [5, 5.41) is 0. The molecule has 0 spiro atoms. The summed E-state index contributed by atoms with van der Waals surface area (Å²) in [6, 6.07) is 7.87. The molecule has 1 aromatic carbocycles. The van der Waals surface area contributed by atoms with E-state index in [2.05, 4.69) is 0 Å². The second-order valence-corrected chi connectivity index (χ2v) is 4.74. The van der Waals surface area contributed by atoms with Crippen LogP contribution >= 0.6 is 0 Å². The van der Waals surface area contributed by atoms with E-state index in [9.17, 15) is 4.79 Å². The highest BCUT2D eigenvalue weighted by Crippen LogP contribution is 2.30. The zero-order valence-corrected chi connectivity index (χ0v) is 11.9. The molecular weight excluding hydrogens is 242 g/mol. The fourth-order valence-corrected chi connectivity index (χ4v) is 2.25. The number of methoxy groups -OCH3 is 2. The first-order chi connectivity index (χ1) is 9.10. The van der Waals surface area contributed by atoms with Crippen LogP contribution in [0.15, 0.2) is 24.3 Å². The molecule has 1 aromatic rings. The monoisotopic (exact) mass is 265 g/mol. The first kappa shape index (κ1) is 15.7. The SMILES string of the molecule is COCCCC(CN)(C(=O)OC)c1ccc(C)cc1. The number of ether oxygens (including phenoxy) is 2. The van der Waals surface area contributed by atoms with Gasteiger partial charge >= 0.3 is 5.97 Å². The molecule has 0 heterocycles. The molecule has 1 unspecified atom stereocenters. The van der Waals surface area contributed by atoms with Gasteiger partial charge in [-0.25, -0.2) is 0 Å². The molecular formula is C15H23NO3. The summed E-state index contributed by atoms with van der Waals surface area (Å²) < 4.78 is 10.0. The number of hydrogen-bond donors (Lipinski definition) is 1. The summed E-state index contributed by atoms with van der Waals surface area (Å²) in [7, 11) is 3.05. The standard InChI is InChI=1S/C15H23NO3/c1-12-5-7-13(8-6-12)15(11-16,14(17)19-3)9-4-10-18-2/h5-8H,4,9-11,16H2,1-3H3.